The van der Waals surface area contributed by atoms with Gasteiger partial charge in [0.25, 0.3) is 0 Å². The van der Waals surface area contributed by atoms with E-state index in [4.69, 9.17) is 14.2 Å². The number of aliphatic hydroxyl groups is 3. The van der Waals surface area contributed by atoms with Crippen LogP contribution < -0.4 is 14.7 Å². The Balaban J connectivity index is 3.26. The van der Waals surface area contributed by atoms with E-state index in [1.165, 1.54) is 14.7 Å². The van der Waals surface area contributed by atoms with Crippen molar-refractivity contribution in [3.8, 4) is 0 Å². The van der Waals surface area contributed by atoms with Crippen LogP contribution in [0.3, 0.4) is 0 Å². The van der Waals surface area contributed by atoms with E-state index in [0.29, 0.717) is 19.8 Å². The molecule has 1 heterocycles. The number of hydrogen-bond acceptors (Lipinski definition) is 12. The zero-order chi connectivity index (χ0) is 20.1. The molecule has 0 unspecified atom stereocenters. The SMILES string of the molecule is CCOCN(CO)c1nc(N(CO)COCC)nc(N(CO)COCC)n1. The summed E-state index contributed by atoms with van der Waals surface area (Å²) in [6.07, 6.45) is 0. The predicted molar refractivity (Wildman–Crippen MR) is 98.0 cm³/mol. The second-order valence-corrected chi connectivity index (χ2v) is 5.14. The molecule has 0 aromatic carbocycles. The van der Waals surface area contributed by atoms with Gasteiger partial charge in [0.05, 0.1) is 0 Å². The Morgan fingerprint density at radius 1 is 0.593 bits per heavy atom. The fourth-order valence-corrected chi connectivity index (χ4v) is 1.86. The molecule has 12 heteroatoms. The van der Waals surface area contributed by atoms with E-state index < -0.39 is 20.2 Å². The van der Waals surface area contributed by atoms with E-state index in [1.807, 2.05) is 20.8 Å². The molecular weight excluding hydrogens is 360 g/mol. The van der Waals surface area contributed by atoms with Crippen molar-refractivity contribution in [1.82, 2.24) is 15.0 Å². The van der Waals surface area contributed by atoms with Gasteiger partial charge in [0.15, 0.2) is 0 Å². The smallest absolute Gasteiger partial charge is 0.235 e. The normalized spacial score (nSPS) is 10.9. The van der Waals surface area contributed by atoms with Gasteiger partial charge in [0.1, 0.15) is 40.4 Å². The molecule has 0 radical (unpaired) electrons. The average molecular weight is 390 g/mol. The molecule has 1 aromatic rings. The third-order valence-electron chi connectivity index (χ3n) is 3.31. The Morgan fingerprint density at radius 3 is 1.04 bits per heavy atom. The Bertz CT molecular complexity index is 442. The number of ether oxygens (including phenoxy) is 3. The summed E-state index contributed by atoms with van der Waals surface area (Å²) in [5, 5.41) is 28.9. The van der Waals surface area contributed by atoms with Crippen LogP contribution in [0, 0.1) is 0 Å². The van der Waals surface area contributed by atoms with E-state index in [0.717, 1.165) is 0 Å². The highest BCUT2D eigenvalue weighted by Crippen LogP contribution is 2.19. The second-order valence-electron chi connectivity index (χ2n) is 5.14. The molecule has 156 valence electrons. The summed E-state index contributed by atoms with van der Waals surface area (Å²) in [5.74, 6) is 0.363. The highest BCUT2D eigenvalue weighted by atomic mass is 16.5. The molecule has 3 N–H and O–H groups in total. The molecule has 27 heavy (non-hydrogen) atoms. The van der Waals surface area contributed by atoms with E-state index in [1.54, 1.807) is 0 Å². The fraction of sp³-hybridized carbons (Fsp3) is 0.800. The standard InChI is InChI=1S/C15H30N6O6/c1-4-25-10-19(7-22)13-16-14(20(8-23)11-26-5-2)18-15(17-13)21(9-24)12-27-6-3/h22-24H,4-12H2,1-3H3. The summed E-state index contributed by atoms with van der Waals surface area (Å²) in [6, 6.07) is 0. The molecule has 0 aliphatic heterocycles. The average Bonchev–Trinajstić information content (AvgIpc) is 2.70. The lowest BCUT2D eigenvalue weighted by Gasteiger charge is -2.26. The van der Waals surface area contributed by atoms with Crippen molar-refractivity contribution < 1.29 is 29.5 Å². The quantitative estimate of drug-likeness (QED) is 0.321. The first-order chi connectivity index (χ1) is 13.1. The Kier molecular flexibility index (Phi) is 11.5. The molecule has 0 saturated carbocycles. The molecule has 0 bridgehead atoms. The van der Waals surface area contributed by atoms with E-state index in [2.05, 4.69) is 15.0 Å². The lowest BCUT2D eigenvalue weighted by atomic mass is 10.6. The minimum Gasteiger partial charge on any atom is -0.376 e. The lowest BCUT2D eigenvalue weighted by molar-refractivity contribution is 0.124. The fourth-order valence-electron chi connectivity index (χ4n) is 1.86. The first-order valence-electron chi connectivity index (χ1n) is 8.71. The van der Waals surface area contributed by atoms with Gasteiger partial charge in [-0.3, -0.25) is 14.7 Å². The van der Waals surface area contributed by atoms with Crippen LogP contribution in [0.4, 0.5) is 17.8 Å². The van der Waals surface area contributed by atoms with Crippen LogP contribution in [0.1, 0.15) is 20.8 Å². The molecule has 0 saturated heterocycles. The summed E-state index contributed by atoms with van der Waals surface area (Å²) >= 11 is 0. The molecule has 0 aliphatic carbocycles. The summed E-state index contributed by atoms with van der Waals surface area (Å²) in [7, 11) is 0. The van der Waals surface area contributed by atoms with E-state index in [-0.39, 0.29) is 38.0 Å². The molecule has 12 nitrogen and oxygen atoms in total. The van der Waals surface area contributed by atoms with Gasteiger partial charge >= 0.3 is 0 Å². The van der Waals surface area contributed by atoms with Crippen LogP contribution in [0.15, 0.2) is 0 Å². The molecule has 0 atom stereocenters. The van der Waals surface area contributed by atoms with Gasteiger partial charge in [-0.05, 0) is 20.8 Å². The summed E-state index contributed by atoms with van der Waals surface area (Å²) in [6.45, 7) is 5.82. The number of hydrogen-bond donors (Lipinski definition) is 3. The van der Waals surface area contributed by atoms with Crippen molar-refractivity contribution in [3.63, 3.8) is 0 Å². The van der Waals surface area contributed by atoms with Crippen LogP contribution in [0.5, 0.6) is 0 Å². The zero-order valence-electron chi connectivity index (χ0n) is 16.1. The molecule has 1 rings (SSSR count). The third-order valence-corrected chi connectivity index (χ3v) is 3.31. The number of nitrogens with zero attached hydrogens (tertiary/aromatic N) is 6. The van der Waals surface area contributed by atoms with Gasteiger partial charge < -0.3 is 29.5 Å². The van der Waals surface area contributed by atoms with Gasteiger partial charge in [-0.1, -0.05) is 0 Å². The topological polar surface area (TPSA) is 137 Å². The Labute approximate surface area is 158 Å². The van der Waals surface area contributed by atoms with Crippen molar-refractivity contribution >= 4 is 17.8 Å². The Morgan fingerprint density at radius 2 is 0.852 bits per heavy atom. The number of anilines is 3. The maximum absolute atomic E-state index is 9.63. The van der Waals surface area contributed by atoms with E-state index >= 15 is 0 Å². The molecule has 0 aliphatic rings. The summed E-state index contributed by atoms with van der Waals surface area (Å²) in [5.41, 5.74) is 0. The van der Waals surface area contributed by atoms with E-state index in [9.17, 15) is 15.3 Å². The van der Waals surface area contributed by atoms with Crippen LogP contribution in [-0.2, 0) is 14.2 Å². The number of aromatic nitrogens is 3. The monoisotopic (exact) mass is 390 g/mol. The molecule has 0 amide bonds. The maximum Gasteiger partial charge on any atom is 0.235 e. The highest BCUT2D eigenvalue weighted by Gasteiger charge is 2.20. The van der Waals surface area contributed by atoms with Gasteiger partial charge in [-0.15, -0.1) is 0 Å². The van der Waals surface area contributed by atoms with Crippen LogP contribution in [-0.4, -0.2) is 90.5 Å². The first kappa shape index (κ1) is 23.2. The summed E-state index contributed by atoms with van der Waals surface area (Å²) < 4.78 is 15.9. The van der Waals surface area contributed by atoms with Crippen molar-refractivity contribution in [3.05, 3.63) is 0 Å². The van der Waals surface area contributed by atoms with Crippen LogP contribution in [0.25, 0.3) is 0 Å². The largest absolute Gasteiger partial charge is 0.376 e. The first-order valence-corrected chi connectivity index (χ1v) is 8.71. The maximum atomic E-state index is 9.63. The Hall–Kier alpha value is -1.83. The predicted octanol–water partition coefficient (Wildman–Crippen LogP) is -0.878. The number of rotatable bonds is 15. The van der Waals surface area contributed by atoms with Crippen molar-refractivity contribution in [2.24, 2.45) is 0 Å². The van der Waals surface area contributed by atoms with Gasteiger partial charge in [-0.2, -0.15) is 15.0 Å². The van der Waals surface area contributed by atoms with Gasteiger partial charge in [0.2, 0.25) is 17.8 Å². The van der Waals surface area contributed by atoms with Crippen molar-refractivity contribution in [2.45, 2.75) is 20.8 Å². The highest BCUT2D eigenvalue weighted by molar-refractivity contribution is 5.45. The second kappa shape index (κ2) is 13.4. The summed E-state index contributed by atoms with van der Waals surface area (Å²) in [4.78, 5) is 17.0. The molecular formula is C15H30N6O6. The van der Waals surface area contributed by atoms with Crippen molar-refractivity contribution in [1.29, 1.82) is 0 Å². The van der Waals surface area contributed by atoms with Crippen molar-refractivity contribution in [2.75, 3.05) is 74.9 Å². The lowest BCUT2D eigenvalue weighted by Crippen LogP contribution is -2.35. The molecule has 0 fully saturated rings. The van der Waals surface area contributed by atoms with Crippen LogP contribution in [0.2, 0.25) is 0 Å². The third kappa shape index (κ3) is 7.36. The molecule has 1 aromatic heterocycles. The van der Waals surface area contributed by atoms with Crippen LogP contribution >= 0.6 is 0 Å². The minimum atomic E-state index is -0.391. The van der Waals surface area contributed by atoms with Gasteiger partial charge in [0, 0.05) is 19.8 Å². The minimum absolute atomic E-state index is 0.0606. The number of aliphatic hydroxyl groups excluding tert-OH is 3. The van der Waals surface area contributed by atoms with Gasteiger partial charge in [-0.25, -0.2) is 0 Å². The molecule has 0 spiro atoms. The zero-order valence-corrected chi connectivity index (χ0v) is 16.1.